The van der Waals surface area contributed by atoms with Crippen molar-refractivity contribution in [2.24, 2.45) is 0 Å². The van der Waals surface area contributed by atoms with Crippen LogP contribution in [0.1, 0.15) is 41.1 Å². The van der Waals surface area contributed by atoms with E-state index in [9.17, 15) is 9.59 Å². The average molecular weight is 441 g/mol. The second-order valence-corrected chi connectivity index (χ2v) is 7.87. The van der Waals surface area contributed by atoms with E-state index in [1.807, 2.05) is 31.2 Å². The summed E-state index contributed by atoms with van der Waals surface area (Å²) in [5.41, 5.74) is 1.93. The molecular weight excluding hydrogens is 418 g/mol. The predicted octanol–water partition coefficient (Wildman–Crippen LogP) is 5.34. The number of hydrogen-bond acceptors (Lipinski definition) is 5. The van der Waals surface area contributed by atoms with Crippen LogP contribution < -0.4 is 19.8 Å². The third kappa shape index (κ3) is 3.53. The van der Waals surface area contributed by atoms with Gasteiger partial charge in [-0.3, -0.25) is 14.5 Å². The van der Waals surface area contributed by atoms with Gasteiger partial charge in [-0.1, -0.05) is 31.2 Å². The third-order valence-electron chi connectivity index (χ3n) is 5.77. The molecule has 1 aromatic heterocycles. The van der Waals surface area contributed by atoms with Crippen LogP contribution in [0, 0.1) is 0 Å². The van der Waals surface area contributed by atoms with Gasteiger partial charge < -0.3 is 13.9 Å². The lowest BCUT2D eigenvalue weighted by Gasteiger charge is -2.25. The van der Waals surface area contributed by atoms with E-state index >= 15 is 0 Å². The fraction of sp³-hybridized carbons (Fsp3) is 0.185. The molecule has 6 heteroatoms. The summed E-state index contributed by atoms with van der Waals surface area (Å²) in [6.45, 7) is 2.62. The van der Waals surface area contributed by atoms with E-state index in [0.717, 1.165) is 12.0 Å². The molecule has 0 saturated heterocycles. The molecule has 0 saturated carbocycles. The summed E-state index contributed by atoms with van der Waals surface area (Å²) >= 11 is 0. The van der Waals surface area contributed by atoms with E-state index in [-0.39, 0.29) is 17.1 Å². The van der Waals surface area contributed by atoms with Gasteiger partial charge in [-0.05, 0) is 60.5 Å². The third-order valence-corrected chi connectivity index (χ3v) is 5.77. The zero-order chi connectivity index (χ0) is 22.9. The summed E-state index contributed by atoms with van der Waals surface area (Å²) in [6.07, 6.45) is 0.878. The second-order valence-electron chi connectivity index (χ2n) is 7.87. The number of carbonyl (C=O) groups excluding carboxylic acids is 1. The topological polar surface area (TPSA) is 69.0 Å². The Morgan fingerprint density at radius 3 is 2.48 bits per heavy atom. The molecule has 0 radical (unpaired) electrons. The van der Waals surface area contributed by atoms with Crippen LogP contribution in [0.2, 0.25) is 0 Å². The van der Waals surface area contributed by atoms with Crippen LogP contribution in [0.3, 0.4) is 0 Å². The van der Waals surface area contributed by atoms with Crippen molar-refractivity contribution in [1.82, 2.24) is 0 Å². The van der Waals surface area contributed by atoms with Crippen LogP contribution in [0.15, 0.2) is 82.0 Å². The van der Waals surface area contributed by atoms with Crippen molar-refractivity contribution in [2.45, 2.75) is 19.4 Å². The molecule has 3 aromatic carbocycles. The Bertz CT molecular complexity index is 1390. The molecule has 0 fully saturated rings. The summed E-state index contributed by atoms with van der Waals surface area (Å²) in [5.74, 6) is 1.08. The standard InChI is InChI=1S/C27H23NO5/c1-3-15-32-20-8-6-7-17(16-20)24-23-25(29)21-9-4-5-10-22(21)33-26(23)27(30)28(24)18-11-13-19(31-2)14-12-18/h4-14,16,24H,3,15H2,1-2H3. The fourth-order valence-corrected chi connectivity index (χ4v) is 4.24. The van der Waals surface area contributed by atoms with E-state index < -0.39 is 6.04 Å². The van der Waals surface area contributed by atoms with Crippen LogP contribution >= 0.6 is 0 Å². The molecule has 1 unspecified atom stereocenters. The number of nitrogens with zero attached hydrogens (tertiary/aromatic N) is 1. The number of fused-ring (bicyclic) bond motifs is 2. The van der Waals surface area contributed by atoms with E-state index in [1.165, 1.54) is 0 Å². The Morgan fingerprint density at radius 1 is 0.939 bits per heavy atom. The van der Waals surface area contributed by atoms with Crippen molar-refractivity contribution in [3.8, 4) is 11.5 Å². The maximum absolute atomic E-state index is 13.6. The molecule has 0 N–H and O–H groups in total. The molecule has 0 bridgehead atoms. The van der Waals surface area contributed by atoms with Gasteiger partial charge in [-0.15, -0.1) is 0 Å². The number of amides is 1. The number of rotatable bonds is 6. The van der Waals surface area contributed by atoms with Crippen molar-refractivity contribution < 1.29 is 18.7 Å². The maximum atomic E-state index is 13.6. The molecule has 0 aliphatic carbocycles. The summed E-state index contributed by atoms with van der Waals surface area (Å²) in [4.78, 5) is 28.8. The Morgan fingerprint density at radius 2 is 1.73 bits per heavy atom. The summed E-state index contributed by atoms with van der Waals surface area (Å²) in [7, 11) is 1.59. The van der Waals surface area contributed by atoms with Gasteiger partial charge in [0.25, 0.3) is 5.91 Å². The summed E-state index contributed by atoms with van der Waals surface area (Å²) in [6, 6.07) is 21.1. The van der Waals surface area contributed by atoms with Crippen molar-refractivity contribution in [2.75, 3.05) is 18.6 Å². The van der Waals surface area contributed by atoms with Gasteiger partial charge in [0.15, 0.2) is 5.43 Å². The Labute approximate surface area is 191 Å². The Hall–Kier alpha value is -4.06. The highest BCUT2D eigenvalue weighted by Crippen LogP contribution is 2.42. The van der Waals surface area contributed by atoms with E-state index in [1.54, 1.807) is 60.5 Å². The number of hydrogen-bond donors (Lipinski definition) is 0. The highest BCUT2D eigenvalue weighted by Gasteiger charge is 2.43. The number of para-hydroxylation sites is 1. The van der Waals surface area contributed by atoms with Gasteiger partial charge in [-0.2, -0.15) is 0 Å². The largest absolute Gasteiger partial charge is 0.497 e. The lowest BCUT2D eigenvalue weighted by molar-refractivity contribution is 0.0971. The number of benzene rings is 3. The fourth-order valence-electron chi connectivity index (χ4n) is 4.24. The van der Waals surface area contributed by atoms with Crippen LogP contribution in [0.4, 0.5) is 5.69 Å². The molecule has 1 amide bonds. The lowest BCUT2D eigenvalue weighted by atomic mass is 9.98. The highest BCUT2D eigenvalue weighted by atomic mass is 16.5. The van der Waals surface area contributed by atoms with E-state index in [4.69, 9.17) is 13.9 Å². The number of anilines is 1. The van der Waals surface area contributed by atoms with Crippen LogP contribution in [0.5, 0.6) is 11.5 Å². The minimum Gasteiger partial charge on any atom is -0.497 e. The second kappa shape index (κ2) is 8.47. The normalized spacial score (nSPS) is 15.0. The first-order chi connectivity index (χ1) is 16.1. The number of methoxy groups -OCH3 is 1. The van der Waals surface area contributed by atoms with Crippen molar-refractivity contribution in [3.05, 3.63) is 99.9 Å². The van der Waals surface area contributed by atoms with Gasteiger partial charge in [0.2, 0.25) is 5.76 Å². The molecular formula is C27H23NO5. The SMILES string of the molecule is CCCOc1cccc(C2c3c(oc4ccccc4c3=O)C(=O)N2c2ccc(OC)cc2)c1. The molecule has 33 heavy (non-hydrogen) atoms. The van der Waals surface area contributed by atoms with Gasteiger partial charge in [0, 0.05) is 5.69 Å². The Kier molecular flexibility index (Phi) is 5.34. The summed E-state index contributed by atoms with van der Waals surface area (Å²) < 4.78 is 17.1. The molecule has 5 rings (SSSR count). The first kappa shape index (κ1) is 20.8. The van der Waals surface area contributed by atoms with E-state index in [0.29, 0.717) is 40.3 Å². The first-order valence-corrected chi connectivity index (χ1v) is 10.9. The van der Waals surface area contributed by atoms with Crippen molar-refractivity contribution in [3.63, 3.8) is 0 Å². The van der Waals surface area contributed by atoms with Crippen molar-refractivity contribution >= 4 is 22.6 Å². The quantitative estimate of drug-likeness (QED) is 0.404. The van der Waals surface area contributed by atoms with Crippen molar-refractivity contribution in [1.29, 1.82) is 0 Å². The average Bonchev–Trinajstić information content (AvgIpc) is 3.15. The van der Waals surface area contributed by atoms with Gasteiger partial charge in [0.05, 0.1) is 30.7 Å². The lowest BCUT2D eigenvalue weighted by Crippen LogP contribution is -2.29. The molecule has 1 aliphatic rings. The zero-order valence-electron chi connectivity index (χ0n) is 18.4. The highest BCUT2D eigenvalue weighted by molar-refractivity contribution is 6.10. The monoisotopic (exact) mass is 441 g/mol. The van der Waals surface area contributed by atoms with Gasteiger partial charge in [0.1, 0.15) is 17.1 Å². The summed E-state index contributed by atoms with van der Waals surface area (Å²) in [5, 5.41) is 0.448. The first-order valence-electron chi connectivity index (χ1n) is 10.9. The molecule has 2 heterocycles. The van der Waals surface area contributed by atoms with Crippen LogP contribution in [-0.2, 0) is 0 Å². The van der Waals surface area contributed by atoms with Gasteiger partial charge >= 0.3 is 0 Å². The molecule has 166 valence electrons. The van der Waals surface area contributed by atoms with Crippen LogP contribution in [0.25, 0.3) is 11.0 Å². The number of carbonyl (C=O) groups is 1. The minimum absolute atomic E-state index is 0.0689. The molecule has 4 aromatic rings. The van der Waals surface area contributed by atoms with E-state index in [2.05, 4.69) is 0 Å². The molecule has 1 atom stereocenters. The Balaban J connectivity index is 1.73. The number of ether oxygens (including phenoxy) is 2. The minimum atomic E-state index is -0.646. The van der Waals surface area contributed by atoms with Crippen LogP contribution in [-0.4, -0.2) is 19.6 Å². The molecule has 1 aliphatic heterocycles. The smallest absolute Gasteiger partial charge is 0.295 e. The molecule has 0 spiro atoms. The zero-order valence-corrected chi connectivity index (χ0v) is 18.4. The maximum Gasteiger partial charge on any atom is 0.295 e. The molecule has 6 nitrogen and oxygen atoms in total. The predicted molar refractivity (Wildman–Crippen MR) is 126 cm³/mol. The van der Waals surface area contributed by atoms with Gasteiger partial charge in [-0.25, -0.2) is 0 Å².